The van der Waals surface area contributed by atoms with Crippen LogP contribution in [0.3, 0.4) is 0 Å². The molecule has 1 unspecified atom stereocenters. The molecule has 0 spiro atoms. The van der Waals surface area contributed by atoms with Gasteiger partial charge in [0, 0.05) is 11.0 Å². The van der Waals surface area contributed by atoms with Gasteiger partial charge in [-0.15, -0.1) is 0 Å². The van der Waals surface area contributed by atoms with E-state index in [1.54, 1.807) is 0 Å². The van der Waals surface area contributed by atoms with Gasteiger partial charge in [-0.3, -0.25) is 0 Å². The highest BCUT2D eigenvalue weighted by Crippen LogP contribution is 2.31. The number of hydrogen-bond acceptors (Lipinski definition) is 1. The standard InChI is InChI=1S/C12H16BrClFN/c1-3-4-8(2)7-16-12-10(13)5-9(15)6-11(12)14/h5-6,8,16H,3-4,7H2,1-2H3. The lowest BCUT2D eigenvalue weighted by Gasteiger charge is -2.15. The van der Waals surface area contributed by atoms with Crippen molar-refractivity contribution in [3.63, 3.8) is 0 Å². The topological polar surface area (TPSA) is 12.0 Å². The predicted molar refractivity (Wildman–Crippen MR) is 71.7 cm³/mol. The highest BCUT2D eigenvalue weighted by molar-refractivity contribution is 9.10. The molecule has 0 heterocycles. The molecule has 0 saturated heterocycles. The molecule has 0 saturated carbocycles. The van der Waals surface area contributed by atoms with E-state index in [1.165, 1.54) is 25.0 Å². The second-order valence-corrected chi connectivity index (χ2v) is 5.28. The van der Waals surface area contributed by atoms with Crippen molar-refractivity contribution in [3.05, 3.63) is 27.4 Å². The predicted octanol–water partition coefficient (Wildman–Crippen LogP) is 5.09. The highest BCUT2D eigenvalue weighted by Gasteiger charge is 2.09. The SMILES string of the molecule is CCCC(C)CNc1c(Cl)cc(F)cc1Br. The minimum absolute atomic E-state index is 0.330. The van der Waals surface area contributed by atoms with Gasteiger partial charge in [-0.25, -0.2) is 4.39 Å². The summed E-state index contributed by atoms with van der Waals surface area (Å²) >= 11 is 9.26. The van der Waals surface area contributed by atoms with Crippen LogP contribution < -0.4 is 5.32 Å². The molecule has 4 heteroatoms. The van der Waals surface area contributed by atoms with Crippen LogP contribution in [-0.4, -0.2) is 6.54 Å². The van der Waals surface area contributed by atoms with Crippen LogP contribution in [0, 0.1) is 11.7 Å². The molecule has 90 valence electrons. The second kappa shape index (κ2) is 6.45. The van der Waals surface area contributed by atoms with Gasteiger partial charge >= 0.3 is 0 Å². The maximum absolute atomic E-state index is 13.0. The van der Waals surface area contributed by atoms with Crippen molar-refractivity contribution in [2.75, 3.05) is 11.9 Å². The van der Waals surface area contributed by atoms with E-state index in [-0.39, 0.29) is 5.82 Å². The van der Waals surface area contributed by atoms with Gasteiger partial charge in [-0.05, 0) is 40.4 Å². The van der Waals surface area contributed by atoms with Gasteiger partial charge in [0.05, 0.1) is 10.7 Å². The van der Waals surface area contributed by atoms with E-state index in [4.69, 9.17) is 11.6 Å². The Morgan fingerprint density at radius 3 is 2.75 bits per heavy atom. The number of rotatable bonds is 5. The quantitative estimate of drug-likeness (QED) is 0.799. The van der Waals surface area contributed by atoms with Crippen LogP contribution in [0.15, 0.2) is 16.6 Å². The average molecular weight is 309 g/mol. The first-order valence-corrected chi connectivity index (χ1v) is 6.60. The Morgan fingerprint density at radius 2 is 2.19 bits per heavy atom. The third kappa shape index (κ3) is 3.95. The van der Waals surface area contributed by atoms with Crippen molar-refractivity contribution in [3.8, 4) is 0 Å². The van der Waals surface area contributed by atoms with Crippen molar-refractivity contribution in [1.29, 1.82) is 0 Å². The molecule has 0 aliphatic rings. The first-order valence-electron chi connectivity index (χ1n) is 5.43. The highest BCUT2D eigenvalue weighted by atomic mass is 79.9. The van der Waals surface area contributed by atoms with E-state index in [2.05, 4.69) is 35.1 Å². The zero-order valence-electron chi connectivity index (χ0n) is 9.49. The second-order valence-electron chi connectivity index (χ2n) is 4.02. The van der Waals surface area contributed by atoms with Crippen LogP contribution in [0.4, 0.5) is 10.1 Å². The Bertz CT molecular complexity index is 334. The van der Waals surface area contributed by atoms with E-state index >= 15 is 0 Å². The number of nitrogens with one attached hydrogen (secondary N) is 1. The van der Waals surface area contributed by atoms with Gasteiger partial charge in [0.15, 0.2) is 0 Å². The van der Waals surface area contributed by atoms with Crippen molar-refractivity contribution in [2.24, 2.45) is 5.92 Å². The molecular formula is C12H16BrClFN. The fourth-order valence-electron chi connectivity index (χ4n) is 1.58. The third-order valence-corrected chi connectivity index (χ3v) is 3.34. The first kappa shape index (κ1) is 13.8. The molecule has 1 aromatic rings. The largest absolute Gasteiger partial charge is 0.383 e. The van der Waals surface area contributed by atoms with Gasteiger partial charge < -0.3 is 5.32 Å². The summed E-state index contributed by atoms with van der Waals surface area (Å²) in [6, 6.07) is 2.73. The van der Waals surface area contributed by atoms with Crippen LogP contribution in [0.25, 0.3) is 0 Å². The van der Waals surface area contributed by atoms with E-state index < -0.39 is 0 Å². The Hall–Kier alpha value is -0.280. The van der Waals surface area contributed by atoms with Gasteiger partial charge in [0.2, 0.25) is 0 Å². The van der Waals surface area contributed by atoms with Crippen molar-refractivity contribution in [2.45, 2.75) is 26.7 Å². The average Bonchev–Trinajstić information content (AvgIpc) is 2.16. The third-order valence-electron chi connectivity index (χ3n) is 2.42. The molecule has 1 nitrogen and oxygen atoms in total. The number of anilines is 1. The molecule has 0 bridgehead atoms. The summed E-state index contributed by atoms with van der Waals surface area (Å²) in [5, 5.41) is 3.66. The van der Waals surface area contributed by atoms with E-state index in [0.29, 0.717) is 15.4 Å². The molecule has 1 atom stereocenters. The Balaban J connectivity index is 2.67. The molecule has 1 aromatic carbocycles. The maximum atomic E-state index is 13.0. The number of hydrogen-bond donors (Lipinski definition) is 1. The van der Waals surface area contributed by atoms with E-state index in [0.717, 1.165) is 12.2 Å². The minimum Gasteiger partial charge on any atom is -0.383 e. The smallest absolute Gasteiger partial charge is 0.125 e. The number of benzene rings is 1. The Morgan fingerprint density at radius 1 is 1.50 bits per heavy atom. The van der Waals surface area contributed by atoms with Gasteiger partial charge in [0.25, 0.3) is 0 Å². The van der Waals surface area contributed by atoms with Crippen LogP contribution >= 0.6 is 27.5 Å². The summed E-state index contributed by atoms with van der Waals surface area (Å²) in [4.78, 5) is 0. The normalized spacial score (nSPS) is 12.6. The molecule has 0 aromatic heterocycles. The lowest BCUT2D eigenvalue weighted by Crippen LogP contribution is -2.11. The molecule has 0 aliphatic heterocycles. The summed E-state index contributed by atoms with van der Waals surface area (Å²) in [5.41, 5.74) is 0.769. The molecule has 1 rings (SSSR count). The summed E-state index contributed by atoms with van der Waals surface area (Å²) in [5.74, 6) is 0.252. The van der Waals surface area contributed by atoms with Crippen LogP contribution in [-0.2, 0) is 0 Å². The fourth-order valence-corrected chi connectivity index (χ4v) is 2.54. The summed E-state index contributed by atoms with van der Waals surface area (Å²) in [6.07, 6.45) is 2.34. The minimum atomic E-state index is -0.330. The van der Waals surface area contributed by atoms with Crippen LogP contribution in [0.1, 0.15) is 26.7 Å². The molecular weight excluding hydrogens is 292 g/mol. The van der Waals surface area contributed by atoms with E-state index in [1.807, 2.05) is 0 Å². The number of halogens is 3. The summed E-state index contributed by atoms with van der Waals surface area (Å²) < 4.78 is 13.7. The lowest BCUT2D eigenvalue weighted by atomic mass is 10.1. The van der Waals surface area contributed by atoms with Gasteiger partial charge in [0.1, 0.15) is 5.82 Å². The van der Waals surface area contributed by atoms with Crippen LogP contribution in [0.5, 0.6) is 0 Å². The monoisotopic (exact) mass is 307 g/mol. The molecule has 0 radical (unpaired) electrons. The molecule has 1 N–H and O–H groups in total. The van der Waals surface area contributed by atoms with Crippen molar-refractivity contribution < 1.29 is 4.39 Å². The van der Waals surface area contributed by atoms with Gasteiger partial charge in [-0.2, -0.15) is 0 Å². The van der Waals surface area contributed by atoms with Gasteiger partial charge in [-0.1, -0.05) is 31.9 Å². The summed E-state index contributed by atoms with van der Waals surface area (Å²) in [7, 11) is 0. The van der Waals surface area contributed by atoms with E-state index in [9.17, 15) is 4.39 Å². The molecule has 0 fully saturated rings. The molecule has 0 aliphatic carbocycles. The maximum Gasteiger partial charge on any atom is 0.125 e. The fraction of sp³-hybridized carbons (Fsp3) is 0.500. The molecule has 16 heavy (non-hydrogen) atoms. The first-order chi connectivity index (χ1) is 7.54. The van der Waals surface area contributed by atoms with Crippen LogP contribution in [0.2, 0.25) is 5.02 Å². The summed E-state index contributed by atoms with van der Waals surface area (Å²) in [6.45, 7) is 5.19. The zero-order chi connectivity index (χ0) is 12.1. The lowest BCUT2D eigenvalue weighted by molar-refractivity contribution is 0.550. The molecule has 0 amide bonds. The van der Waals surface area contributed by atoms with Crippen molar-refractivity contribution >= 4 is 33.2 Å². The van der Waals surface area contributed by atoms with Crippen molar-refractivity contribution in [1.82, 2.24) is 0 Å². The Labute approximate surface area is 110 Å². The Kier molecular flexibility index (Phi) is 5.56. The zero-order valence-corrected chi connectivity index (χ0v) is 11.8.